The molecular formula is C12H16ClNO. The number of hydrogen-bond donors (Lipinski definition) is 1. The summed E-state index contributed by atoms with van der Waals surface area (Å²) in [5.41, 5.74) is 1.03. The number of halogens is 1. The van der Waals surface area contributed by atoms with Crippen molar-refractivity contribution in [2.24, 2.45) is 0 Å². The van der Waals surface area contributed by atoms with Crippen LogP contribution in [0.5, 0.6) is 0 Å². The Kier molecular flexibility index (Phi) is 3.87. The van der Waals surface area contributed by atoms with Crippen molar-refractivity contribution in [3.05, 3.63) is 29.3 Å². The van der Waals surface area contributed by atoms with Crippen LogP contribution in [0.4, 0.5) is 5.69 Å². The van der Waals surface area contributed by atoms with Gasteiger partial charge in [-0.15, -0.1) is 0 Å². The van der Waals surface area contributed by atoms with Crippen LogP contribution in [0.15, 0.2) is 24.3 Å². The third kappa shape index (κ3) is 3.11. The second-order valence-corrected chi connectivity index (χ2v) is 4.27. The summed E-state index contributed by atoms with van der Waals surface area (Å²) >= 11 is 6.09. The van der Waals surface area contributed by atoms with Gasteiger partial charge in [-0.2, -0.15) is 0 Å². The standard InChI is InChI=1S/C12H16ClNO/c13-11-5-1-2-6-12(11)14-10-4-3-8-15-9-7-10/h1-2,5-6,10,14H,3-4,7-9H2. The van der Waals surface area contributed by atoms with E-state index in [1.165, 1.54) is 0 Å². The predicted molar refractivity (Wildman–Crippen MR) is 63.5 cm³/mol. The van der Waals surface area contributed by atoms with Gasteiger partial charge in [0.05, 0.1) is 10.7 Å². The van der Waals surface area contributed by atoms with Crippen LogP contribution >= 0.6 is 11.6 Å². The van der Waals surface area contributed by atoms with E-state index in [-0.39, 0.29) is 0 Å². The van der Waals surface area contributed by atoms with E-state index in [1.807, 2.05) is 24.3 Å². The van der Waals surface area contributed by atoms with E-state index in [0.717, 1.165) is 43.2 Å². The lowest BCUT2D eigenvalue weighted by Gasteiger charge is -2.17. The molecule has 1 aliphatic heterocycles. The monoisotopic (exact) mass is 225 g/mol. The first-order valence-electron chi connectivity index (χ1n) is 5.45. The summed E-state index contributed by atoms with van der Waals surface area (Å²) in [7, 11) is 0. The molecule has 1 heterocycles. The molecule has 0 spiro atoms. The van der Waals surface area contributed by atoms with Crippen LogP contribution in [0.2, 0.25) is 5.02 Å². The Morgan fingerprint density at radius 3 is 2.93 bits per heavy atom. The molecular weight excluding hydrogens is 210 g/mol. The minimum Gasteiger partial charge on any atom is -0.381 e. The van der Waals surface area contributed by atoms with Gasteiger partial charge in [0.15, 0.2) is 0 Å². The van der Waals surface area contributed by atoms with Crippen LogP contribution in [-0.4, -0.2) is 19.3 Å². The van der Waals surface area contributed by atoms with Crippen molar-refractivity contribution in [2.75, 3.05) is 18.5 Å². The van der Waals surface area contributed by atoms with Gasteiger partial charge < -0.3 is 10.1 Å². The second kappa shape index (κ2) is 5.38. The van der Waals surface area contributed by atoms with Crippen molar-refractivity contribution in [1.82, 2.24) is 0 Å². The lowest BCUT2D eigenvalue weighted by molar-refractivity contribution is 0.144. The fraction of sp³-hybridized carbons (Fsp3) is 0.500. The highest BCUT2D eigenvalue weighted by atomic mass is 35.5. The smallest absolute Gasteiger partial charge is 0.0637 e. The van der Waals surface area contributed by atoms with Crippen molar-refractivity contribution >= 4 is 17.3 Å². The molecule has 0 bridgehead atoms. The molecule has 1 aromatic rings. The van der Waals surface area contributed by atoms with Crippen LogP contribution in [0.1, 0.15) is 19.3 Å². The third-order valence-electron chi connectivity index (χ3n) is 2.69. The minimum atomic E-state index is 0.493. The lowest BCUT2D eigenvalue weighted by Crippen LogP contribution is -2.19. The molecule has 0 saturated carbocycles. The number of nitrogens with one attached hydrogen (secondary N) is 1. The van der Waals surface area contributed by atoms with Crippen LogP contribution in [0.3, 0.4) is 0 Å². The zero-order valence-electron chi connectivity index (χ0n) is 8.71. The van der Waals surface area contributed by atoms with E-state index in [1.54, 1.807) is 0 Å². The maximum atomic E-state index is 6.09. The molecule has 1 aliphatic rings. The van der Waals surface area contributed by atoms with Crippen molar-refractivity contribution in [3.63, 3.8) is 0 Å². The van der Waals surface area contributed by atoms with Gasteiger partial charge in [0.2, 0.25) is 0 Å². The highest BCUT2D eigenvalue weighted by molar-refractivity contribution is 6.33. The van der Waals surface area contributed by atoms with Crippen LogP contribution in [0.25, 0.3) is 0 Å². The molecule has 0 radical (unpaired) electrons. The van der Waals surface area contributed by atoms with Gasteiger partial charge >= 0.3 is 0 Å². The molecule has 1 atom stereocenters. The Labute approximate surface area is 95.6 Å². The summed E-state index contributed by atoms with van der Waals surface area (Å²) in [6.45, 7) is 1.74. The SMILES string of the molecule is Clc1ccccc1NC1CCCOCC1. The topological polar surface area (TPSA) is 21.3 Å². The largest absolute Gasteiger partial charge is 0.381 e. The molecule has 1 fully saturated rings. The molecule has 0 aliphatic carbocycles. The summed E-state index contributed by atoms with van der Waals surface area (Å²) < 4.78 is 5.42. The zero-order valence-corrected chi connectivity index (χ0v) is 9.46. The van der Waals surface area contributed by atoms with Gasteiger partial charge in [-0.05, 0) is 31.4 Å². The van der Waals surface area contributed by atoms with Gasteiger partial charge in [0.25, 0.3) is 0 Å². The molecule has 1 N–H and O–H groups in total. The van der Waals surface area contributed by atoms with E-state index >= 15 is 0 Å². The van der Waals surface area contributed by atoms with E-state index < -0.39 is 0 Å². The Bertz CT molecular complexity index is 308. The first kappa shape index (κ1) is 10.8. The normalized spacial score (nSPS) is 22.1. The van der Waals surface area contributed by atoms with Crippen LogP contribution in [-0.2, 0) is 4.74 Å². The van der Waals surface area contributed by atoms with Crippen LogP contribution in [0, 0.1) is 0 Å². The Morgan fingerprint density at radius 1 is 1.20 bits per heavy atom. The van der Waals surface area contributed by atoms with Gasteiger partial charge in [0, 0.05) is 19.3 Å². The quantitative estimate of drug-likeness (QED) is 0.834. The van der Waals surface area contributed by atoms with Crippen molar-refractivity contribution < 1.29 is 4.74 Å². The molecule has 1 unspecified atom stereocenters. The number of para-hydroxylation sites is 1. The van der Waals surface area contributed by atoms with Gasteiger partial charge in [0.1, 0.15) is 0 Å². The molecule has 2 nitrogen and oxygen atoms in total. The summed E-state index contributed by atoms with van der Waals surface area (Å²) in [4.78, 5) is 0. The second-order valence-electron chi connectivity index (χ2n) is 3.86. The van der Waals surface area contributed by atoms with E-state index in [0.29, 0.717) is 6.04 Å². The molecule has 82 valence electrons. The average molecular weight is 226 g/mol. The summed E-state index contributed by atoms with van der Waals surface area (Å²) in [6, 6.07) is 8.38. The fourth-order valence-electron chi connectivity index (χ4n) is 1.85. The summed E-state index contributed by atoms with van der Waals surface area (Å²) in [6.07, 6.45) is 3.35. The Morgan fingerprint density at radius 2 is 2.07 bits per heavy atom. The summed E-state index contributed by atoms with van der Waals surface area (Å²) in [5, 5.41) is 4.27. The molecule has 3 heteroatoms. The Hall–Kier alpha value is -0.730. The fourth-order valence-corrected chi connectivity index (χ4v) is 2.04. The number of anilines is 1. The van der Waals surface area contributed by atoms with Crippen LogP contribution < -0.4 is 5.32 Å². The number of benzene rings is 1. The molecule has 0 amide bonds. The van der Waals surface area contributed by atoms with Crippen molar-refractivity contribution in [1.29, 1.82) is 0 Å². The van der Waals surface area contributed by atoms with E-state index in [2.05, 4.69) is 5.32 Å². The molecule has 15 heavy (non-hydrogen) atoms. The number of rotatable bonds is 2. The van der Waals surface area contributed by atoms with E-state index in [9.17, 15) is 0 Å². The Balaban J connectivity index is 1.98. The molecule has 1 aromatic carbocycles. The first-order chi connectivity index (χ1) is 7.36. The predicted octanol–water partition coefficient (Wildman–Crippen LogP) is 3.32. The van der Waals surface area contributed by atoms with Gasteiger partial charge in [-0.1, -0.05) is 23.7 Å². The average Bonchev–Trinajstić information content (AvgIpc) is 2.50. The van der Waals surface area contributed by atoms with Gasteiger partial charge in [-0.25, -0.2) is 0 Å². The zero-order chi connectivity index (χ0) is 10.5. The molecule has 0 aromatic heterocycles. The van der Waals surface area contributed by atoms with E-state index in [4.69, 9.17) is 16.3 Å². The number of ether oxygens (including phenoxy) is 1. The minimum absolute atomic E-state index is 0.493. The van der Waals surface area contributed by atoms with Crippen molar-refractivity contribution in [3.8, 4) is 0 Å². The summed E-state index contributed by atoms with van der Waals surface area (Å²) in [5.74, 6) is 0. The third-order valence-corrected chi connectivity index (χ3v) is 3.01. The number of hydrogen-bond acceptors (Lipinski definition) is 2. The first-order valence-corrected chi connectivity index (χ1v) is 5.83. The molecule has 1 saturated heterocycles. The molecule has 2 rings (SSSR count). The van der Waals surface area contributed by atoms with Gasteiger partial charge in [-0.3, -0.25) is 0 Å². The highest BCUT2D eigenvalue weighted by Gasteiger charge is 2.12. The maximum Gasteiger partial charge on any atom is 0.0637 e. The maximum absolute atomic E-state index is 6.09. The van der Waals surface area contributed by atoms with Crippen molar-refractivity contribution in [2.45, 2.75) is 25.3 Å². The lowest BCUT2D eigenvalue weighted by atomic mass is 10.1. The highest BCUT2D eigenvalue weighted by Crippen LogP contribution is 2.23.